The van der Waals surface area contributed by atoms with E-state index in [1.807, 2.05) is 13.8 Å². The van der Waals surface area contributed by atoms with Crippen LogP contribution in [0.1, 0.15) is 24.3 Å². The minimum Gasteiger partial charge on any atom is -0.504 e. The van der Waals surface area contributed by atoms with Crippen molar-refractivity contribution < 1.29 is 19.8 Å². The zero-order valence-electron chi connectivity index (χ0n) is 10.8. The van der Waals surface area contributed by atoms with Gasteiger partial charge in [-0.2, -0.15) is 0 Å². The van der Waals surface area contributed by atoms with E-state index in [2.05, 4.69) is 15.6 Å². The van der Waals surface area contributed by atoms with Gasteiger partial charge in [-0.05, 0) is 5.92 Å². The number of aromatic hydroxyl groups is 2. The minimum atomic E-state index is -0.729. The van der Waals surface area contributed by atoms with Crippen molar-refractivity contribution in [2.24, 2.45) is 5.92 Å². The lowest BCUT2D eigenvalue weighted by Gasteiger charge is -2.09. The fourth-order valence-electron chi connectivity index (χ4n) is 1.23. The van der Waals surface area contributed by atoms with E-state index in [0.717, 1.165) is 6.07 Å². The molecule has 0 aliphatic heterocycles. The van der Waals surface area contributed by atoms with Gasteiger partial charge >= 0.3 is 0 Å². The largest absolute Gasteiger partial charge is 0.504 e. The smallest absolute Gasteiger partial charge is 0.274 e. The Kier molecular flexibility index (Phi) is 5.11. The molecule has 104 valence electrons. The van der Waals surface area contributed by atoms with Crippen molar-refractivity contribution >= 4 is 11.8 Å². The second kappa shape index (κ2) is 6.58. The summed E-state index contributed by atoms with van der Waals surface area (Å²) in [6.07, 6.45) is 1.18. The molecule has 0 aliphatic carbocycles. The fourth-order valence-corrected chi connectivity index (χ4v) is 1.23. The number of hydrogen-bond donors (Lipinski definition) is 4. The van der Waals surface area contributed by atoms with Crippen LogP contribution in [0.2, 0.25) is 0 Å². The molecule has 7 heteroatoms. The van der Waals surface area contributed by atoms with Crippen LogP contribution in [0.5, 0.6) is 11.5 Å². The molecule has 0 bridgehead atoms. The number of carbonyl (C=O) groups excluding carboxylic acids is 2. The van der Waals surface area contributed by atoms with Crippen LogP contribution < -0.4 is 10.6 Å². The predicted octanol–water partition coefficient (Wildman–Crippen LogP) is -0.00520. The Labute approximate surface area is 110 Å². The summed E-state index contributed by atoms with van der Waals surface area (Å²) in [6.45, 7) is 4.20. The molecule has 19 heavy (non-hydrogen) atoms. The van der Waals surface area contributed by atoms with Crippen LogP contribution in [0.4, 0.5) is 0 Å². The van der Waals surface area contributed by atoms with Crippen LogP contribution in [-0.4, -0.2) is 40.1 Å². The third-order valence-electron chi connectivity index (χ3n) is 2.24. The van der Waals surface area contributed by atoms with Crippen LogP contribution in [0.3, 0.4) is 0 Å². The summed E-state index contributed by atoms with van der Waals surface area (Å²) in [5.74, 6) is -1.79. The van der Waals surface area contributed by atoms with Crippen molar-refractivity contribution in [3.05, 3.63) is 18.0 Å². The van der Waals surface area contributed by atoms with E-state index in [0.29, 0.717) is 12.5 Å². The third kappa shape index (κ3) is 4.46. The Balaban J connectivity index is 2.52. The average Bonchev–Trinajstić information content (AvgIpc) is 2.36. The summed E-state index contributed by atoms with van der Waals surface area (Å²) in [4.78, 5) is 26.7. The van der Waals surface area contributed by atoms with E-state index in [-0.39, 0.29) is 18.1 Å². The van der Waals surface area contributed by atoms with E-state index in [4.69, 9.17) is 0 Å². The Morgan fingerprint density at radius 3 is 2.63 bits per heavy atom. The third-order valence-corrected chi connectivity index (χ3v) is 2.24. The zero-order valence-corrected chi connectivity index (χ0v) is 10.8. The fraction of sp³-hybridized carbons (Fsp3) is 0.417. The van der Waals surface area contributed by atoms with Crippen molar-refractivity contribution in [1.29, 1.82) is 0 Å². The van der Waals surface area contributed by atoms with Gasteiger partial charge in [-0.3, -0.25) is 9.59 Å². The highest BCUT2D eigenvalue weighted by Gasteiger charge is 2.16. The highest BCUT2D eigenvalue weighted by Crippen LogP contribution is 2.25. The molecule has 0 aliphatic rings. The summed E-state index contributed by atoms with van der Waals surface area (Å²) in [5, 5.41) is 23.6. The van der Waals surface area contributed by atoms with E-state index in [9.17, 15) is 19.8 Å². The van der Waals surface area contributed by atoms with Crippen molar-refractivity contribution in [2.75, 3.05) is 13.1 Å². The summed E-state index contributed by atoms with van der Waals surface area (Å²) in [7, 11) is 0. The Bertz CT molecular complexity index is 474. The van der Waals surface area contributed by atoms with Crippen molar-refractivity contribution in [2.45, 2.75) is 13.8 Å². The second-order valence-corrected chi connectivity index (χ2v) is 4.41. The first kappa shape index (κ1) is 14.7. The number of pyridine rings is 1. The van der Waals surface area contributed by atoms with Crippen LogP contribution >= 0.6 is 0 Å². The molecule has 0 radical (unpaired) electrons. The maximum Gasteiger partial charge on any atom is 0.274 e. The molecule has 0 saturated carbocycles. The summed E-state index contributed by atoms with van der Waals surface area (Å²) in [6, 6.07) is 1.15. The number of aromatic nitrogens is 1. The molecule has 2 amide bonds. The van der Waals surface area contributed by atoms with Crippen LogP contribution in [0, 0.1) is 5.92 Å². The van der Waals surface area contributed by atoms with E-state index < -0.39 is 17.4 Å². The van der Waals surface area contributed by atoms with Crippen molar-refractivity contribution in [3.63, 3.8) is 0 Å². The average molecular weight is 267 g/mol. The minimum absolute atomic E-state index is 0.220. The van der Waals surface area contributed by atoms with E-state index in [1.54, 1.807) is 0 Å². The van der Waals surface area contributed by atoms with Crippen molar-refractivity contribution in [1.82, 2.24) is 15.6 Å². The molecule has 7 nitrogen and oxygen atoms in total. The Morgan fingerprint density at radius 2 is 2.00 bits per heavy atom. The maximum atomic E-state index is 11.6. The SMILES string of the molecule is CC(C)CNC(=O)CNC(=O)c1nccc(O)c1O. The van der Waals surface area contributed by atoms with Gasteiger partial charge in [0.25, 0.3) is 5.91 Å². The number of nitrogens with zero attached hydrogens (tertiary/aromatic N) is 1. The lowest BCUT2D eigenvalue weighted by atomic mass is 10.2. The predicted molar refractivity (Wildman–Crippen MR) is 67.7 cm³/mol. The first-order valence-corrected chi connectivity index (χ1v) is 5.83. The standard InChI is InChI=1S/C12H17N3O4/c1-7(2)5-14-9(17)6-15-12(19)10-11(18)8(16)3-4-13-10/h3-4,7,18H,5-6H2,1-2H3,(H,13,16)(H,14,17)(H,15,19). The van der Waals surface area contributed by atoms with Gasteiger partial charge in [0.05, 0.1) is 6.54 Å². The first-order valence-electron chi connectivity index (χ1n) is 5.83. The summed E-state index contributed by atoms with van der Waals surface area (Å²) >= 11 is 0. The van der Waals surface area contributed by atoms with E-state index in [1.165, 1.54) is 6.20 Å². The molecule has 1 rings (SSSR count). The molecule has 1 aromatic rings. The van der Waals surface area contributed by atoms with E-state index >= 15 is 0 Å². The normalized spacial score (nSPS) is 10.3. The van der Waals surface area contributed by atoms with Gasteiger partial charge in [0.2, 0.25) is 5.91 Å². The molecule has 0 aromatic carbocycles. The van der Waals surface area contributed by atoms with Gasteiger partial charge < -0.3 is 20.8 Å². The van der Waals surface area contributed by atoms with Gasteiger partial charge in [-0.1, -0.05) is 13.8 Å². The van der Waals surface area contributed by atoms with Crippen LogP contribution in [0.15, 0.2) is 12.3 Å². The number of nitrogens with one attached hydrogen (secondary N) is 2. The number of amides is 2. The number of carbonyl (C=O) groups is 2. The van der Waals surface area contributed by atoms with Gasteiger partial charge in [0.15, 0.2) is 17.2 Å². The van der Waals surface area contributed by atoms with Gasteiger partial charge in [-0.15, -0.1) is 0 Å². The first-order chi connectivity index (χ1) is 8.91. The van der Waals surface area contributed by atoms with Crippen LogP contribution in [0.25, 0.3) is 0 Å². The summed E-state index contributed by atoms with van der Waals surface area (Å²) < 4.78 is 0. The lowest BCUT2D eigenvalue weighted by molar-refractivity contribution is -0.120. The molecule has 1 heterocycles. The van der Waals surface area contributed by atoms with Gasteiger partial charge in [0, 0.05) is 18.8 Å². The zero-order chi connectivity index (χ0) is 14.4. The number of hydrogen-bond acceptors (Lipinski definition) is 5. The molecule has 4 N–H and O–H groups in total. The molecular formula is C12H17N3O4. The van der Waals surface area contributed by atoms with Gasteiger partial charge in [-0.25, -0.2) is 4.98 Å². The van der Waals surface area contributed by atoms with Crippen molar-refractivity contribution in [3.8, 4) is 11.5 Å². The monoisotopic (exact) mass is 267 g/mol. The maximum absolute atomic E-state index is 11.6. The molecule has 0 saturated heterocycles. The molecule has 0 fully saturated rings. The van der Waals surface area contributed by atoms with Gasteiger partial charge in [0.1, 0.15) is 0 Å². The number of rotatable bonds is 5. The lowest BCUT2D eigenvalue weighted by Crippen LogP contribution is -2.38. The second-order valence-electron chi connectivity index (χ2n) is 4.41. The quantitative estimate of drug-likeness (QED) is 0.599. The molecular weight excluding hydrogens is 250 g/mol. The Hall–Kier alpha value is -2.31. The molecule has 0 spiro atoms. The molecule has 0 atom stereocenters. The molecule has 1 aromatic heterocycles. The summed E-state index contributed by atoms with van der Waals surface area (Å²) in [5.41, 5.74) is -0.323. The highest BCUT2D eigenvalue weighted by atomic mass is 16.3. The van der Waals surface area contributed by atoms with Crippen LogP contribution in [-0.2, 0) is 4.79 Å². The molecule has 0 unspecified atom stereocenters. The Morgan fingerprint density at radius 1 is 1.32 bits per heavy atom. The highest BCUT2D eigenvalue weighted by molar-refractivity contribution is 5.97. The topological polar surface area (TPSA) is 112 Å².